The van der Waals surface area contributed by atoms with E-state index in [2.05, 4.69) is 0 Å². The molecule has 3 atom stereocenters. The van der Waals surface area contributed by atoms with Gasteiger partial charge in [-0.1, -0.05) is 30.3 Å². The minimum atomic E-state index is -0.719. The van der Waals surface area contributed by atoms with Crippen LogP contribution in [0.4, 0.5) is 0 Å². The summed E-state index contributed by atoms with van der Waals surface area (Å²) >= 11 is 0. The molecular formula is C28H26N6O4. The number of aromatic nitrogens is 4. The van der Waals surface area contributed by atoms with Crippen LogP contribution < -0.4 is 11.1 Å². The van der Waals surface area contributed by atoms with Crippen LogP contribution in [0.15, 0.2) is 64.2 Å². The fourth-order valence-corrected chi connectivity index (χ4v) is 5.56. The standard InChI is InChI=1S/C28H26N6O4/c1-15-25(35)31(3)21(23-29-19-11-7-5-9-17(19)27(37)33(15)23)13-14-22-24-30-20-12-8-6-10-18(20)28(38)34(24)16(2)26(36)32(22)4/h5-13,15-16,22H,14H2,1-4H3/b21-13+/t15-,16-,22-/m0/s1. The number of hydrogen-bond acceptors (Lipinski definition) is 6. The highest BCUT2D eigenvalue weighted by atomic mass is 16.2. The number of benzene rings is 2. The summed E-state index contributed by atoms with van der Waals surface area (Å²) in [6, 6.07) is 12.1. The van der Waals surface area contributed by atoms with Crippen molar-refractivity contribution >= 4 is 39.3 Å². The van der Waals surface area contributed by atoms with Crippen LogP contribution in [0.2, 0.25) is 0 Å². The second-order valence-electron chi connectivity index (χ2n) is 9.83. The zero-order valence-electron chi connectivity index (χ0n) is 21.5. The van der Waals surface area contributed by atoms with Gasteiger partial charge in [-0.15, -0.1) is 0 Å². The van der Waals surface area contributed by atoms with Crippen LogP contribution in [0.1, 0.15) is 50.0 Å². The van der Waals surface area contributed by atoms with E-state index in [-0.39, 0.29) is 29.4 Å². The predicted octanol–water partition coefficient (Wildman–Crippen LogP) is 2.64. The molecule has 192 valence electrons. The summed E-state index contributed by atoms with van der Waals surface area (Å²) in [5, 5.41) is 0.893. The molecule has 6 rings (SSSR count). The molecule has 0 fully saturated rings. The number of fused-ring (bicyclic) bond motifs is 4. The average Bonchev–Trinajstić information content (AvgIpc) is 2.92. The molecule has 2 aliphatic rings. The number of carbonyl (C=O) groups excluding carboxylic acids is 2. The van der Waals surface area contributed by atoms with E-state index in [9.17, 15) is 19.2 Å². The molecule has 2 aromatic heterocycles. The van der Waals surface area contributed by atoms with E-state index < -0.39 is 18.1 Å². The van der Waals surface area contributed by atoms with Crippen molar-refractivity contribution in [2.45, 2.75) is 38.4 Å². The van der Waals surface area contributed by atoms with Crippen molar-refractivity contribution in [1.82, 2.24) is 28.9 Å². The summed E-state index contributed by atoms with van der Waals surface area (Å²) in [5.41, 5.74) is 1.01. The third-order valence-corrected chi connectivity index (χ3v) is 7.70. The zero-order valence-corrected chi connectivity index (χ0v) is 21.5. The Morgan fingerprint density at radius 3 is 1.97 bits per heavy atom. The van der Waals surface area contributed by atoms with Crippen LogP contribution in [0, 0.1) is 0 Å². The molecule has 0 unspecified atom stereocenters. The Bertz CT molecular complexity index is 1820. The largest absolute Gasteiger partial charge is 0.333 e. The van der Waals surface area contributed by atoms with E-state index >= 15 is 0 Å². The molecule has 2 aromatic carbocycles. The quantitative estimate of drug-likeness (QED) is 0.410. The van der Waals surface area contributed by atoms with Gasteiger partial charge in [-0.05, 0) is 44.5 Å². The molecule has 4 aromatic rings. The summed E-state index contributed by atoms with van der Waals surface area (Å²) in [7, 11) is 3.34. The van der Waals surface area contributed by atoms with E-state index in [1.54, 1.807) is 75.3 Å². The van der Waals surface area contributed by atoms with Crippen LogP contribution >= 0.6 is 0 Å². The van der Waals surface area contributed by atoms with Gasteiger partial charge in [-0.3, -0.25) is 28.3 Å². The molecule has 10 heteroatoms. The average molecular weight is 511 g/mol. The second-order valence-corrected chi connectivity index (χ2v) is 9.83. The van der Waals surface area contributed by atoms with E-state index in [0.717, 1.165) is 0 Å². The van der Waals surface area contributed by atoms with Crippen molar-refractivity contribution < 1.29 is 9.59 Å². The maximum Gasteiger partial charge on any atom is 0.262 e. The van der Waals surface area contributed by atoms with E-state index in [4.69, 9.17) is 9.97 Å². The predicted molar refractivity (Wildman–Crippen MR) is 142 cm³/mol. The molecule has 4 heterocycles. The van der Waals surface area contributed by atoms with Crippen molar-refractivity contribution in [2.75, 3.05) is 14.1 Å². The van der Waals surface area contributed by atoms with Gasteiger partial charge in [0.15, 0.2) is 5.82 Å². The Hall–Kier alpha value is -4.60. The minimum absolute atomic E-state index is 0.206. The second kappa shape index (κ2) is 8.47. The monoisotopic (exact) mass is 510 g/mol. The number of carbonyl (C=O) groups is 2. The van der Waals surface area contributed by atoms with E-state index in [1.165, 1.54) is 14.0 Å². The minimum Gasteiger partial charge on any atom is -0.333 e. The normalized spacial score (nSPS) is 22.3. The molecule has 0 saturated heterocycles. The number of rotatable bonds is 2. The lowest BCUT2D eigenvalue weighted by Gasteiger charge is -2.38. The first kappa shape index (κ1) is 23.8. The molecular weight excluding hydrogens is 484 g/mol. The van der Waals surface area contributed by atoms with Crippen LogP contribution in [0.3, 0.4) is 0 Å². The highest BCUT2D eigenvalue weighted by Crippen LogP contribution is 2.34. The smallest absolute Gasteiger partial charge is 0.262 e. The number of para-hydroxylation sites is 2. The van der Waals surface area contributed by atoms with Gasteiger partial charge in [-0.2, -0.15) is 0 Å². The van der Waals surface area contributed by atoms with Gasteiger partial charge in [0.1, 0.15) is 17.9 Å². The molecule has 0 aliphatic carbocycles. The first-order valence-electron chi connectivity index (χ1n) is 12.5. The number of amides is 2. The molecule has 0 radical (unpaired) electrons. The van der Waals surface area contributed by atoms with Crippen molar-refractivity contribution in [2.24, 2.45) is 0 Å². The lowest BCUT2D eigenvalue weighted by molar-refractivity contribution is -0.137. The van der Waals surface area contributed by atoms with Crippen molar-refractivity contribution in [3.8, 4) is 0 Å². The number of nitrogens with zero attached hydrogens (tertiary/aromatic N) is 6. The van der Waals surface area contributed by atoms with Gasteiger partial charge in [0, 0.05) is 14.1 Å². The van der Waals surface area contributed by atoms with Crippen LogP contribution in [0.25, 0.3) is 27.5 Å². The molecule has 0 N–H and O–H groups in total. The maximum atomic E-state index is 13.4. The molecule has 0 spiro atoms. The Balaban J connectivity index is 1.53. The van der Waals surface area contributed by atoms with E-state index in [0.29, 0.717) is 39.2 Å². The lowest BCUT2D eigenvalue weighted by Crippen LogP contribution is -2.47. The molecule has 2 amide bonds. The molecule has 0 saturated carbocycles. The van der Waals surface area contributed by atoms with Crippen LogP contribution in [0.5, 0.6) is 0 Å². The lowest BCUT2D eigenvalue weighted by atomic mass is 10.0. The summed E-state index contributed by atoms with van der Waals surface area (Å²) in [6.45, 7) is 3.38. The van der Waals surface area contributed by atoms with Gasteiger partial charge in [0.05, 0.1) is 33.5 Å². The summed E-state index contributed by atoms with van der Waals surface area (Å²) in [5.74, 6) is 0.403. The number of likely N-dealkylation sites (N-methyl/N-ethyl adjacent to an activating group) is 2. The Morgan fingerprint density at radius 2 is 1.32 bits per heavy atom. The fraction of sp³-hybridized carbons (Fsp3) is 0.286. The summed E-state index contributed by atoms with van der Waals surface area (Å²) < 4.78 is 2.90. The number of hydrogen-bond donors (Lipinski definition) is 0. The molecule has 38 heavy (non-hydrogen) atoms. The van der Waals surface area contributed by atoms with Crippen LogP contribution in [-0.2, 0) is 9.59 Å². The third-order valence-electron chi connectivity index (χ3n) is 7.70. The van der Waals surface area contributed by atoms with Gasteiger partial charge in [0.25, 0.3) is 11.1 Å². The van der Waals surface area contributed by atoms with Gasteiger partial charge in [0.2, 0.25) is 11.8 Å². The van der Waals surface area contributed by atoms with Crippen molar-refractivity contribution in [3.63, 3.8) is 0 Å². The molecule has 2 aliphatic heterocycles. The van der Waals surface area contributed by atoms with Crippen LogP contribution in [-0.4, -0.2) is 54.8 Å². The van der Waals surface area contributed by atoms with E-state index in [1.807, 2.05) is 12.1 Å². The Labute approximate surface area is 217 Å². The zero-order chi connectivity index (χ0) is 26.9. The SMILES string of the molecule is C[C@H]1C(=O)N(C)/C(=C/C[C@H]2c3nc4ccccc4c(=O)n3[C@@H](C)C(=O)N2C)c2nc3ccccc3c(=O)n21. The highest BCUT2D eigenvalue weighted by Gasteiger charge is 2.38. The fourth-order valence-electron chi connectivity index (χ4n) is 5.56. The summed E-state index contributed by atoms with van der Waals surface area (Å²) in [4.78, 5) is 65.7. The first-order chi connectivity index (χ1) is 18.2. The summed E-state index contributed by atoms with van der Waals surface area (Å²) in [6.07, 6.45) is 2.05. The highest BCUT2D eigenvalue weighted by molar-refractivity contribution is 5.92. The van der Waals surface area contributed by atoms with Gasteiger partial charge >= 0.3 is 0 Å². The Morgan fingerprint density at radius 1 is 0.763 bits per heavy atom. The Kier molecular flexibility index (Phi) is 5.30. The molecule has 0 bridgehead atoms. The van der Waals surface area contributed by atoms with Gasteiger partial charge < -0.3 is 9.80 Å². The first-order valence-corrected chi connectivity index (χ1v) is 12.5. The molecule has 10 nitrogen and oxygen atoms in total. The topological polar surface area (TPSA) is 110 Å². The third kappa shape index (κ3) is 3.26. The maximum absolute atomic E-state index is 13.4. The van der Waals surface area contributed by atoms with Crippen molar-refractivity contribution in [1.29, 1.82) is 0 Å². The van der Waals surface area contributed by atoms with Crippen molar-refractivity contribution in [3.05, 3.63) is 87.0 Å². The van der Waals surface area contributed by atoms with Gasteiger partial charge in [-0.25, -0.2) is 9.97 Å².